The van der Waals surface area contributed by atoms with Crippen LogP contribution in [-0.2, 0) is 5.41 Å². The number of rotatable bonds is 2. The van der Waals surface area contributed by atoms with Gasteiger partial charge in [-0.15, -0.1) is 10.2 Å². The van der Waals surface area contributed by atoms with Crippen LogP contribution in [0.5, 0.6) is 0 Å². The van der Waals surface area contributed by atoms with Crippen molar-refractivity contribution in [3.8, 4) is 0 Å². The Kier molecular flexibility index (Phi) is 3.15. The number of aromatic carboxylic acids is 1. The highest BCUT2D eigenvalue weighted by molar-refractivity contribution is 5.85. The molecule has 1 aliphatic heterocycles. The van der Waals surface area contributed by atoms with Gasteiger partial charge in [-0.3, -0.25) is 0 Å². The third-order valence-electron chi connectivity index (χ3n) is 4.93. The molecule has 1 aliphatic carbocycles. The Morgan fingerprint density at radius 2 is 1.87 bits per heavy atom. The van der Waals surface area contributed by atoms with E-state index in [4.69, 9.17) is 5.11 Å². The molecular formula is C18H17N3O2. The van der Waals surface area contributed by atoms with Crippen LogP contribution in [0.25, 0.3) is 6.08 Å². The van der Waals surface area contributed by atoms with Gasteiger partial charge in [0.15, 0.2) is 11.5 Å². The topological polar surface area (TPSA) is 66.3 Å². The number of aromatic nitrogens is 2. The zero-order valence-electron chi connectivity index (χ0n) is 12.6. The molecule has 0 radical (unpaired) electrons. The summed E-state index contributed by atoms with van der Waals surface area (Å²) < 4.78 is 0. The maximum atomic E-state index is 10.9. The molecule has 0 saturated carbocycles. The molecule has 0 amide bonds. The van der Waals surface area contributed by atoms with Crippen LogP contribution in [0.1, 0.15) is 34.5 Å². The first-order valence-corrected chi connectivity index (χ1v) is 7.79. The van der Waals surface area contributed by atoms with Crippen LogP contribution in [0.4, 0.5) is 5.82 Å². The van der Waals surface area contributed by atoms with E-state index in [-0.39, 0.29) is 11.1 Å². The largest absolute Gasteiger partial charge is 0.476 e. The van der Waals surface area contributed by atoms with E-state index in [2.05, 4.69) is 51.5 Å². The molecule has 2 aliphatic rings. The number of carboxylic acid groups (broad SMARTS) is 1. The van der Waals surface area contributed by atoms with E-state index in [0.717, 1.165) is 31.7 Å². The van der Waals surface area contributed by atoms with Gasteiger partial charge in [0.05, 0.1) is 0 Å². The van der Waals surface area contributed by atoms with Crippen molar-refractivity contribution in [3.63, 3.8) is 0 Å². The second-order valence-corrected chi connectivity index (χ2v) is 6.15. The average molecular weight is 307 g/mol. The summed E-state index contributed by atoms with van der Waals surface area (Å²) in [6, 6.07) is 11.8. The normalized spacial score (nSPS) is 18.2. The van der Waals surface area contributed by atoms with Gasteiger partial charge in [-0.25, -0.2) is 4.79 Å². The smallest absolute Gasteiger partial charge is 0.356 e. The van der Waals surface area contributed by atoms with Gasteiger partial charge in [0.1, 0.15) is 0 Å². The standard InChI is InChI=1S/C18H17N3O2/c22-17(23)15-5-6-16(20-19-15)21-11-9-18(10-12-21)8-7-13-3-1-2-4-14(13)18/h1-8H,9-12H2,(H,22,23). The molecule has 5 heteroatoms. The maximum Gasteiger partial charge on any atom is 0.356 e. The van der Waals surface area contributed by atoms with Gasteiger partial charge >= 0.3 is 5.97 Å². The van der Waals surface area contributed by atoms with Crippen molar-refractivity contribution in [2.24, 2.45) is 0 Å². The Bertz CT molecular complexity index is 775. The van der Waals surface area contributed by atoms with Gasteiger partial charge in [0.25, 0.3) is 0 Å². The fraction of sp³-hybridized carbons (Fsp3) is 0.278. The number of carboxylic acids is 1. The van der Waals surface area contributed by atoms with E-state index in [9.17, 15) is 4.79 Å². The van der Waals surface area contributed by atoms with Gasteiger partial charge in [0, 0.05) is 18.5 Å². The van der Waals surface area contributed by atoms with E-state index < -0.39 is 5.97 Å². The molecule has 116 valence electrons. The highest BCUT2D eigenvalue weighted by atomic mass is 16.4. The molecule has 1 spiro atoms. The Labute approximate surface area is 134 Å². The van der Waals surface area contributed by atoms with Crippen molar-refractivity contribution in [1.29, 1.82) is 0 Å². The second kappa shape index (κ2) is 5.19. The van der Waals surface area contributed by atoms with Crippen LogP contribution in [-0.4, -0.2) is 34.4 Å². The summed E-state index contributed by atoms with van der Waals surface area (Å²) in [6.07, 6.45) is 6.63. The Morgan fingerprint density at radius 3 is 2.57 bits per heavy atom. The van der Waals surface area contributed by atoms with Gasteiger partial charge < -0.3 is 10.0 Å². The molecule has 23 heavy (non-hydrogen) atoms. The molecular weight excluding hydrogens is 290 g/mol. The van der Waals surface area contributed by atoms with Crippen LogP contribution >= 0.6 is 0 Å². The summed E-state index contributed by atoms with van der Waals surface area (Å²) in [6.45, 7) is 1.78. The Hall–Kier alpha value is -2.69. The van der Waals surface area contributed by atoms with E-state index in [1.165, 1.54) is 17.2 Å². The van der Waals surface area contributed by atoms with Crippen molar-refractivity contribution in [2.75, 3.05) is 18.0 Å². The lowest BCUT2D eigenvalue weighted by Crippen LogP contribution is -2.41. The number of carbonyl (C=O) groups is 1. The monoisotopic (exact) mass is 307 g/mol. The number of nitrogens with zero attached hydrogens (tertiary/aromatic N) is 3. The van der Waals surface area contributed by atoms with Gasteiger partial charge in [-0.2, -0.15) is 0 Å². The summed E-state index contributed by atoms with van der Waals surface area (Å²) >= 11 is 0. The molecule has 1 aromatic carbocycles. The number of allylic oxidation sites excluding steroid dienone is 1. The predicted octanol–water partition coefficient (Wildman–Crippen LogP) is 2.74. The number of benzene rings is 1. The highest BCUT2D eigenvalue weighted by Crippen LogP contribution is 2.43. The summed E-state index contributed by atoms with van der Waals surface area (Å²) in [5, 5.41) is 16.7. The van der Waals surface area contributed by atoms with Crippen molar-refractivity contribution in [1.82, 2.24) is 10.2 Å². The van der Waals surface area contributed by atoms with Crippen molar-refractivity contribution in [2.45, 2.75) is 18.3 Å². The van der Waals surface area contributed by atoms with E-state index >= 15 is 0 Å². The summed E-state index contributed by atoms with van der Waals surface area (Å²) in [5.74, 6) is -0.297. The molecule has 1 aromatic heterocycles. The van der Waals surface area contributed by atoms with E-state index in [1.807, 2.05) is 0 Å². The van der Waals surface area contributed by atoms with Crippen molar-refractivity contribution < 1.29 is 9.90 Å². The Balaban J connectivity index is 1.52. The third kappa shape index (κ3) is 2.29. The van der Waals surface area contributed by atoms with Crippen LogP contribution in [0.2, 0.25) is 0 Å². The van der Waals surface area contributed by atoms with Crippen LogP contribution in [0.15, 0.2) is 42.5 Å². The molecule has 0 bridgehead atoms. The Morgan fingerprint density at radius 1 is 1.09 bits per heavy atom. The lowest BCUT2D eigenvalue weighted by molar-refractivity contribution is 0.0689. The number of fused-ring (bicyclic) bond motifs is 2. The molecule has 0 atom stereocenters. The van der Waals surface area contributed by atoms with Gasteiger partial charge in [-0.1, -0.05) is 36.4 Å². The number of hydrogen-bond donors (Lipinski definition) is 1. The summed E-state index contributed by atoms with van der Waals surface area (Å²) in [7, 11) is 0. The maximum absolute atomic E-state index is 10.9. The third-order valence-corrected chi connectivity index (χ3v) is 4.93. The highest BCUT2D eigenvalue weighted by Gasteiger charge is 2.38. The molecule has 2 aromatic rings. The summed E-state index contributed by atoms with van der Waals surface area (Å²) in [5.41, 5.74) is 2.87. The van der Waals surface area contributed by atoms with Crippen LogP contribution in [0, 0.1) is 0 Å². The molecule has 2 heterocycles. The lowest BCUT2D eigenvalue weighted by atomic mass is 9.74. The fourth-order valence-electron chi connectivity index (χ4n) is 3.61. The number of piperidine rings is 1. The quantitative estimate of drug-likeness (QED) is 0.924. The van der Waals surface area contributed by atoms with Gasteiger partial charge in [-0.05, 0) is 36.1 Å². The van der Waals surface area contributed by atoms with Crippen LogP contribution in [0.3, 0.4) is 0 Å². The number of hydrogen-bond acceptors (Lipinski definition) is 4. The predicted molar refractivity (Wildman–Crippen MR) is 87.6 cm³/mol. The first-order chi connectivity index (χ1) is 11.2. The first kappa shape index (κ1) is 13.9. The van der Waals surface area contributed by atoms with Crippen molar-refractivity contribution in [3.05, 3.63) is 59.3 Å². The molecule has 4 rings (SSSR count). The van der Waals surface area contributed by atoms with Crippen LogP contribution < -0.4 is 4.90 Å². The molecule has 1 saturated heterocycles. The zero-order valence-corrected chi connectivity index (χ0v) is 12.6. The molecule has 5 nitrogen and oxygen atoms in total. The SMILES string of the molecule is O=C(O)c1ccc(N2CCC3(C=Cc4ccccc43)CC2)nn1. The fourth-order valence-corrected chi connectivity index (χ4v) is 3.61. The minimum absolute atomic E-state index is 0.0186. The average Bonchev–Trinajstić information content (AvgIpc) is 2.95. The zero-order chi connectivity index (χ0) is 15.9. The van der Waals surface area contributed by atoms with E-state index in [0.29, 0.717) is 0 Å². The summed E-state index contributed by atoms with van der Waals surface area (Å²) in [4.78, 5) is 13.0. The first-order valence-electron chi connectivity index (χ1n) is 7.79. The molecule has 1 fully saturated rings. The van der Waals surface area contributed by atoms with E-state index in [1.54, 1.807) is 6.07 Å². The minimum atomic E-state index is -1.05. The molecule has 0 unspecified atom stereocenters. The van der Waals surface area contributed by atoms with Crippen molar-refractivity contribution >= 4 is 17.9 Å². The number of anilines is 1. The minimum Gasteiger partial charge on any atom is -0.476 e. The molecule has 1 N–H and O–H groups in total. The van der Waals surface area contributed by atoms with Gasteiger partial charge in [0.2, 0.25) is 0 Å². The lowest BCUT2D eigenvalue weighted by Gasteiger charge is -2.39. The second-order valence-electron chi connectivity index (χ2n) is 6.15.